The standard InChI is InChI=1S/C19H18O8/c1-25-14-8-10(4-6-12(14)20)5-7-13(21)16-11(19(23)24)9-15(26-2)17(22)18(16)27-3/h4-9,20,22H,1-3H3,(H,23,24)/b7-5+. The number of allylic oxidation sites excluding steroid dienone is 1. The SMILES string of the molecule is COc1cc(/C=C/C(=O)c2c(C(=O)O)cc(OC)c(O)c2OC)ccc1O. The number of aromatic hydroxyl groups is 2. The van der Waals surface area contributed by atoms with Crippen LogP contribution >= 0.6 is 0 Å². The van der Waals surface area contributed by atoms with E-state index >= 15 is 0 Å². The van der Waals surface area contributed by atoms with Gasteiger partial charge in [0.15, 0.2) is 28.8 Å². The quantitative estimate of drug-likeness (QED) is 0.499. The van der Waals surface area contributed by atoms with Gasteiger partial charge >= 0.3 is 5.97 Å². The Bertz CT molecular complexity index is 914. The van der Waals surface area contributed by atoms with E-state index < -0.39 is 17.5 Å². The fraction of sp³-hybridized carbons (Fsp3) is 0.158. The molecule has 0 amide bonds. The van der Waals surface area contributed by atoms with Crippen molar-refractivity contribution in [2.24, 2.45) is 0 Å². The van der Waals surface area contributed by atoms with Gasteiger partial charge in [-0.15, -0.1) is 0 Å². The summed E-state index contributed by atoms with van der Waals surface area (Å²) in [6.07, 6.45) is 2.54. The number of carbonyl (C=O) groups is 2. The van der Waals surface area contributed by atoms with E-state index in [4.69, 9.17) is 14.2 Å². The molecule has 0 aliphatic carbocycles. The van der Waals surface area contributed by atoms with Gasteiger partial charge in [0.2, 0.25) is 5.75 Å². The second-order valence-corrected chi connectivity index (χ2v) is 5.32. The molecule has 0 aliphatic rings. The predicted octanol–water partition coefficient (Wildman–Crippen LogP) is 2.72. The lowest BCUT2D eigenvalue weighted by Gasteiger charge is -2.14. The van der Waals surface area contributed by atoms with Gasteiger partial charge in [0.05, 0.1) is 32.5 Å². The molecule has 142 valence electrons. The third-order valence-corrected chi connectivity index (χ3v) is 3.75. The summed E-state index contributed by atoms with van der Waals surface area (Å²) in [7, 11) is 3.84. The Hall–Kier alpha value is -3.68. The van der Waals surface area contributed by atoms with Crippen molar-refractivity contribution >= 4 is 17.8 Å². The van der Waals surface area contributed by atoms with E-state index in [1.807, 2.05) is 0 Å². The van der Waals surface area contributed by atoms with Crippen molar-refractivity contribution < 1.29 is 39.1 Å². The number of hydrogen-bond acceptors (Lipinski definition) is 7. The Balaban J connectivity index is 2.52. The number of methoxy groups -OCH3 is 3. The minimum atomic E-state index is -1.38. The molecular formula is C19H18O8. The normalized spacial score (nSPS) is 10.6. The first kappa shape index (κ1) is 19.6. The number of carbonyl (C=O) groups excluding carboxylic acids is 1. The molecule has 0 fully saturated rings. The molecule has 0 aromatic heterocycles. The molecule has 0 unspecified atom stereocenters. The van der Waals surface area contributed by atoms with Crippen molar-refractivity contribution in [2.45, 2.75) is 0 Å². The Morgan fingerprint density at radius 2 is 1.63 bits per heavy atom. The van der Waals surface area contributed by atoms with E-state index in [2.05, 4.69) is 0 Å². The Kier molecular flexibility index (Phi) is 5.92. The number of hydrogen-bond donors (Lipinski definition) is 3. The zero-order valence-electron chi connectivity index (χ0n) is 14.8. The van der Waals surface area contributed by atoms with Crippen LogP contribution in [0.15, 0.2) is 30.3 Å². The summed E-state index contributed by atoms with van der Waals surface area (Å²) in [6.45, 7) is 0. The van der Waals surface area contributed by atoms with Crippen LogP contribution in [0.3, 0.4) is 0 Å². The number of benzene rings is 2. The van der Waals surface area contributed by atoms with Crippen LogP contribution in [0, 0.1) is 0 Å². The Labute approximate surface area is 154 Å². The van der Waals surface area contributed by atoms with Crippen molar-refractivity contribution in [1.29, 1.82) is 0 Å². The highest BCUT2D eigenvalue weighted by Gasteiger charge is 2.26. The maximum absolute atomic E-state index is 12.6. The number of phenols is 2. The number of ketones is 1. The molecule has 0 saturated heterocycles. The lowest BCUT2D eigenvalue weighted by Crippen LogP contribution is -2.10. The second kappa shape index (κ2) is 8.13. The molecule has 2 aromatic rings. The molecule has 2 rings (SSSR count). The maximum Gasteiger partial charge on any atom is 0.336 e. The highest BCUT2D eigenvalue weighted by atomic mass is 16.5. The molecule has 3 N–H and O–H groups in total. The first-order valence-corrected chi connectivity index (χ1v) is 7.64. The van der Waals surface area contributed by atoms with E-state index in [-0.39, 0.29) is 34.1 Å². The van der Waals surface area contributed by atoms with Gasteiger partial charge in [-0.05, 0) is 29.8 Å². The van der Waals surface area contributed by atoms with Crippen LogP contribution in [0.1, 0.15) is 26.3 Å². The van der Waals surface area contributed by atoms with Crippen molar-refractivity contribution in [2.75, 3.05) is 21.3 Å². The molecule has 0 bridgehead atoms. The minimum absolute atomic E-state index is 0.0594. The van der Waals surface area contributed by atoms with Crippen molar-refractivity contribution in [1.82, 2.24) is 0 Å². The predicted molar refractivity (Wildman–Crippen MR) is 96.2 cm³/mol. The van der Waals surface area contributed by atoms with Gasteiger partial charge in [0.25, 0.3) is 0 Å². The van der Waals surface area contributed by atoms with Gasteiger partial charge in [-0.2, -0.15) is 0 Å². The molecule has 8 heteroatoms. The van der Waals surface area contributed by atoms with Crippen molar-refractivity contribution in [3.8, 4) is 28.7 Å². The molecule has 0 spiro atoms. The van der Waals surface area contributed by atoms with E-state index in [1.165, 1.54) is 39.5 Å². The number of carboxylic acid groups (broad SMARTS) is 1. The van der Waals surface area contributed by atoms with Gasteiger partial charge < -0.3 is 29.5 Å². The summed E-state index contributed by atoms with van der Waals surface area (Å²) >= 11 is 0. The molecule has 0 heterocycles. The third-order valence-electron chi connectivity index (χ3n) is 3.75. The van der Waals surface area contributed by atoms with Crippen LogP contribution in [-0.4, -0.2) is 48.4 Å². The molecule has 0 atom stereocenters. The zero-order valence-corrected chi connectivity index (χ0v) is 14.8. The zero-order chi connectivity index (χ0) is 20.1. The number of rotatable bonds is 7. The lowest BCUT2D eigenvalue weighted by atomic mass is 9.99. The van der Waals surface area contributed by atoms with Crippen molar-refractivity contribution in [3.63, 3.8) is 0 Å². The molecule has 27 heavy (non-hydrogen) atoms. The largest absolute Gasteiger partial charge is 0.504 e. The van der Waals surface area contributed by atoms with Crippen LogP contribution in [-0.2, 0) is 0 Å². The molecule has 8 nitrogen and oxygen atoms in total. The molecular weight excluding hydrogens is 356 g/mol. The van der Waals surface area contributed by atoms with E-state index in [0.717, 1.165) is 12.1 Å². The summed E-state index contributed by atoms with van der Waals surface area (Å²) in [5.74, 6) is -2.83. The van der Waals surface area contributed by atoms with E-state index in [1.54, 1.807) is 6.07 Å². The van der Waals surface area contributed by atoms with Gasteiger partial charge in [-0.1, -0.05) is 12.1 Å². The van der Waals surface area contributed by atoms with Gasteiger partial charge in [0, 0.05) is 0 Å². The first-order chi connectivity index (χ1) is 12.8. The first-order valence-electron chi connectivity index (χ1n) is 7.64. The monoisotopic (exact) mass is 374 g/mol. The van der Waals surface area contributed by atoms with Gasteiger partial charge in [-0.25, -0.2) is 4.79 Å². The topological polar surface area (TPSA) is 123 Å². The molecule has 0 radical (unpaired) electrons. The third kappa shape index (κ3) is 3.95. The van der Waals surface area contributed by atoms with Crippen LogP contribution in [0.4, 0.5) is 0 Å². The minimum Gasteiger partial charge on any atom is -0.504 e. The number of ether oxygens (including phenoxy) is 3. The summed E-state index contributed by atoms with van der Waals surface area (Å²) in [5.41, 5.74) is -0.156. The van der Waals surface area contributed by atoms with Crippen molar-refractivity contribution in [3.05, 3.63) is 47.0 Å². The number of carboxylic acids is 1. The average molecular weight is 374 g/mol. The lowest BCUT2D eigenvalue weighted by molar-refractivity contribution is 0.0691. The summed E-state index contributed by atoms with van der Waals surface area (Å²) < 4.78 is 14.9. The highest BCUT2D eigenvalue weighted by molar-refractivity contribution is 6.15. The molecule has 0 aliphatic heterocycles. The van der Waals surface area contributed by atoms with E-state index in [0.29, 0.717) is 5.56 Å². The van der Waals surface area contributed by atoms with Gasteiger partial charge in [0.1, 0.15) is 0 Å². The summed E-state index contributed by atoms with van der Waals surface area (Å²) in [6, 6.07) is 5.48. The van der Waals surface area contributed by atoms with Crippen LogP contribution < -0.4 is 14.2 Å². The average Bonchev–Trinajstić information content (AvgIpc) is 2.66. The van der Waals surface area contributed by atoms with Crippen LogP contribution in [0.5, 0.6) is 28.7 Å². The van der Waals surface area contributed by atoms with Gasteiger partial charge in [-0.3, -0.25) is 4.79 Å². The Morgan fingerprint density at radius 1 is 0.963 bits per heavy atom. The number of phenolic OH excluding ortho intramolecular Hbond substituents is 2. The fourth-order valence-corrected chi connectivity index (χ4v) is 2.44. The second-order valence-electron chi connectivity index (χ2n) is 5.32. The van der Waals surface area contributed by atoms with E-state index in [9.17, 15) is 24.9 Å². The fourth-order valence-electron chi connectivity index (χ4n) is 2.44. The van der Waals surface area contributed by atoms with Crippen LogP contribution in [0.25, 0.3) is 6.08 Å². The maximum atomic E-state index is 12.6. The smallest absolute Gasteiger partial charge is 0.336 e. The summed E-state index contributed by atoms with van der Waals surface area (Å²) in [4.78, 5) is 24.2. The summed E-state index contributed by atoms with van der Waals surface area (Å²) in [5, 5.41) is 29.2. The number of aromatic carboxylic acids is 1. The van der Waals surface area contributed by atoms with Crippen LogP contribution in [0.2, 0.25) is 0 Å². The molecule has 2 aromatic carbocycles. The Morgan fingerprint density at radius 3 is 2.19 bits per heavy atom. The molecule has 0 saturated carbocycles. The highest BCUT2D eigenvalue weighted by Crippen LogP contribution is 2.41.